The maximum Gasteiger partial charge on any atom is 0.416 e. The Labute approximate surface area is 664 Å². The number of amides is 1. The van der Waals surface area contributed by atoms with Crippen LogP contribution in [-0.4, -0.2) is 141 Å². The summed E-state index contributed by atoms with van der Waals surface area (Å²) in [7, 11) is -1.17. The third-order valence-corrected chi connectivity index (χ3v) is 36.4. The molecule has 2 saturated carbocycles. The van der Waals surface area contributed by atoms with Crippen LogP contribution in [0.4, 0.5) is 30.7 Å². The molecule has 2 saturated heterocycles. The van der Waals surface area contributed by atoms with E-state index in [0.29, 0.717) is 37.1 Å². The normalized spacial score (nSPS) is 17.2. The van der Waals surface area contributed by atoms with Crippen LogP contribution >= 0.6 is 79.3 Å². The van der Waals surface area contributed by atoms with Crippen molar-refractivity contribution in [3.63, 3.8) is 0 Å². The van der Waals surface area contributed by atoms with Gasteiger partial charge in [0.25, 0.3) is 0 Å². The summed E-state index contributed by atoms with van der Waals surface area (Å²) in [6, 6.07) is 23.1. The van der Waals surface area contributed by atoms with E-state index in [1.807, 2.05) is 44.4 Å². The van der Waals surface area contributed by atoms with Crippen molar-refractivity contribution in [2.24, 2.45) is 0 Å². The molecule has 25 heteroatoms. The smallest absolute Gasteiger partial charge is 0.416 e. The number of piperazine rings is 1. The monoisotopic (exact) mass is 1800 g/mol. The summed E-state index contributed by atoms with van der Waals surface area (Å²) in [5.74, 6) is -3.27. The molecule has 5 aromatic rings. The molecule has 2 atom stereocenters. The maximum absolute atomic E-state index is 13.7. The van der Waals surface area contributed by atoms with Crippen LogP contribution in [0.2, 0.25) is 33.4 Å². The number of unbranched alkanes of at least 4 members (excludes halogenated alkanes) is 3. The minimum absolute atomic E-state index is 0.0185. The van der Waals surface area contributed by atoms with Crippen molar-refractivity contribution in [1.82, 2.24) is 14.7 Å². The van der Waals surface area contributed by atoms with E-state index < -0.39 is 91.8 Å². The van der Waals surface area contributed by atoms with Gasteiger partial charge in [0.2, 0.25) is 5.91 Å². The molecule has 2 aliphatic heterocycles. The molecular weight excluding hydrogens is 1700 g/mol. The van der Waals surface area contributed by atoms with Gasteiger partial charge < -0.3 is 19.3 Å². The number of ether oxygens (including phenoxy) is 2. The Bertz CT molecular complexity index is 3750. The Kier molecular flexibility index (Phi) is 36.4. The van der Waals surface area contributed by atoms with Crippen LogP contribution in [0.15, 0.2) is 114 Å². The first-order valence-electron chi connectivity index (χ1n) is 36.0. The van der Waals surface area contributed by atoms with Crippen LogP contribution in [0, 0.1) is 26.8 Å². The standard InChI is InChI=1S/C30H36ClF4N3O.C13H14ClFO2.C10H8ClFO2.C7H11O2.C6H3ClFI.3C4H9.C3H10OS.Sn/c1-20-19-37(16-17-38(20)21(2)22-4-6-23(7-5-22)30(33,34)35)28(3)12-14-36(15-13-28)27(39)29(10-11-29)24-8-9-26(32)25(31)18-24;1-8(12(16)17-13(2,3)4)9-5-6-11(15)10(14)7-9;11-7-5-6(1-2-8(7)12)10(3-4-10)9(13)14;1-5-6(8)9-7(2,3)4;7-5-3-4(9)1-2-6(5)8;3*1-3-4-2;1-5(2,3)4;/h4-9,18,20-21H,10-17,19H2,1-3H3;5-7H,1H2,2-4H3;1-2,5H,3-4H2,(H,13,14);1H2,2-4H3;1-3H;3*1,3-4H2,2H3;4H,1-3H3;/t20-,21-;;;;;;;;;/m0........./s1. The molecule has 590 valence electrons. The van der Waals surface area contributed by atoms with Crippen LogP contribution in [0.1, 0.15) is 194 Å². The summed E-state index contributed by atoms with van der Waals surface area (Å²) in [6.45, 7) is 36.2. The second-order valence-electron chi connectivity index (χ2n) is 30.9. The summed E-state index contributed by atoms with van der Waals surface area (Å²) in [4.78, 5) is 55.7. The SMILES string of the molecule is C=C(C(=O)OC(C)(C)C)c1ccc(F)c(Cl)c1.C=[C](C(=O)OC(C)(C)C)[Sn]([CH2]CCC)([CH2]CCC)[CH2]CCC.CS(C)(C)O.C[C@H]1CN(C2(C)CCN(C(=O)C3(c4ccc(F)c(Cl)c4)CC3)CC2)CCN1[C@@H](C)c1ccc(C(F)(F)F)cc1.Fc1ccc(I)cc1Cl.O=C(O)C1(c2ccc(F)c(Cl)c2)CC1. The van der Waals surface area contributed by atoms with E-state index in [9.17, 15) is 49.9 Å². The first-order chi connectivity index (χ1) is 49.0. The second kappa shape index (κ2) is 40.9. The van der Waals surface area contributed by atoms with Crippen molar-refractivity contribution < 1.29 is 69.0 Å². The van der Waals surface area contributed by atoms with Gasteiger partial charge in [0.05, 0.1) is 42.1 Å². The van der Waals surface area contributed by atoms with Crippen LogP contribution in [0.5, 0.6) is 0 Å². The predicted octanol–water partition coefficient (Wildman–Crippen LogP) is 23.6. The van der Waals surface area contributed by atoms with Gasteiger partial charge >= 0.3 is 161 Å². The predicted molar refractivity (Wildman–Crippen MR) is 432 cm³/mol. The Morgan fingerprint density at radius 1 is 0.623 bits per heavy atom. The number of halogens is 12. The van der Waals surface area contributed by atoms with Crippen molar-refractivity contribution in [2.75, 3.05) is 51.5 Å². The van der Waals surface area contributed by atoms with E-state index in [-0.39, 0.29) is 61.0 Å². The molecule has 5 aromatic carbocycles. The summed E-state index contributed by atoms with van der Waals surface area (Å²) in [6.07, 6.45) is 13.0. The van der Waals surface area contributed by atoms with Gasteiger partial charge in [-0.3, -0.25) is 19.4 Å². The van der Waals surface area contributed by atoms with E-state index in [1.165, 1.54) is 112 Å². The van der Waals surface area contributed by atoms with Crippen LogP contribution in [0.3, 0.4) is 0 Å². The van der Waals surface area contributed by atoms with Gasteiger partial charge in [-0.2, -0.15) is 13.2 Å². The van der Waals surface area contributed by atoms with Gasteiger partial charge in [-0.25, -0.2) is 22.4 Å². The number of carboxylic acid groups (broad SMARTS) is 1. The molecule has 0 aromatic heterocycles. The number of carboxylic acids is 1. The molecule has 2 heterocycles. The number of nitrogens with zero attached hydrogens (tertiary/aromatic N) is 3. The number of carbonyl (C=O) groups is 4. The van der Waals surface area contributed by atoms with Gasteiger partial charge in [-0.05, 0) is 210 Å². The van der Waals surface area contributed by atoms with Crippen LogP contribution in [-0.2, 0) is 45.7 Å². The number of piperidine rings is 1. The molecule has 1 amide bonds. The molecular formula is C81H109Cl4F7IN3O8SSn. The van der Waals surface area contributed by atoms with E-state index in [0.717, 1.165) is 63.6 Å². The molecule has 4 aliphatic rings. The van der Waals surface area contributed by atoms with Crippen LogP contribution in [0.25, 0.3) is 5.57 Å². The topological polar surface area (TPSA) is 137 Å². The van der Waals surface area contributed by atoms with Gasteiger partial charge in [0, 0.05) is 53.9 Å². The fourth-order valence-electron chi connectivity index (χ4n) is 12.6. The molecule has 9 rings (SSSR count). The number of hydrogen-bond donors (Lipinski definition) is 2. The van der Waals surface area contributed by atoms with Gasteiger partial charge in [-0.15, -0.1) is 10.3 Å². The molecule has 4 fully saturated rings. The molecule has 106 heavy (non-hydrogen) atoms. The first-order valence-corrected chi connectivity index (χ1v) is 48.8. The van der Waals surface area contributed by atoms with Gasteiger partial charge in [0.15, 0.2) is 0 Å². The maximum atomic E-state index is 13.7. The zero-order chi connectivity index (χ0) is 80.3. The minimum atomic E-state index is -4.33. The molecule has 0 unspecified atom stereocenters. The van der Waals surface area contributed by atoms with Gasteiger partial charge in [-0.1, -0.05) is 83.3 Å². The van der Waals surface area contributed by atoms with E-state index >= 15 is 0 Å². The Morgan fingerprint density at radius 2 is 1.03 bits per heavy atom. The number of benzene rings is 5. The number of carbonyl (C=O) groups excluding carboxylic acids is 3. The molecule has 0 radical (unpaired) electrons. The van der Waals surface area contributed by atoms with Crippen molar-refractivity contribution in [3.8, 4) is 0 Å². The molecule has 0 spiro atoms. The second-order valence-corrected chi connectivity index (χ2v) is 50.6. The fourth-order valence-corrected chi connectivity index (χ4v) is 28.9. The average Bonchev–Trinajstić information content (AvgIpc) is 1.57. The molecule has 0 bridgehead atoms. The van der Waals surface area contributed by atoms with Crippen molar-refractivity contribution in [2.45, 2.75) is 219 Å². The molecule has 2 N–H and O–H groups in total. The van der Waals surface area contributed by atoms with E-state index in [1.54, 1.807) is 57.2 Å². The number of hydrogen-bond acceptors (Lipinski definition) is 9. The third-order valence-electron chi connectivity index (χ3n) is 19.2. The number of aliphatic carboxylic acids is 1. The number of esters is 2. The van der Waals surface area contributed by atoms with E-state index in [4.69, 9.17) is 65.5 Å². The van der Waals surface area contributed by atoms with Crippen molar-refractivity contribution in [3.05, 3.63) is 189 Å². The largest absolute Gasteiger partial charge is 0.481 e. The van der Waals surface area contributed by atoms with Crippen molar-refractivity contribution >= 4 is 127 Å². The summed E-state index contributed by atoms with van der Waals surface area (Å²) in [5, 5.41) is 9.15. The van der Waals surface area contributed by atoms with E-state index in [2.05, 4.69) is 87.1 Å². The fraction of sp³-hybridized carbons (Fsp3) is 0.531. The Morgan fingerprint density at radius 3 is 1.40 bits per heavy atom. The zero-order valence-electron chi connectivity index (χ0n) is 64.1. The summed E-state index contributed by atoms with van der Waals surface area (Å²) in [5.41, 5.74) is -0.146. The summed E-state index contributed by atoms with van der Waals surface area (Å²) >= 11 is 22.0. The average molecular weight is 1810 g/mol. The van der Waals surface area contributed by atoms with Crippen molar-refractivity contribution in [1.29, 1.82) is 0 Å². The van der Waals surface area contributed by atoms with Crippen LogP contribution < -0.4 is 0 Å². The minimum Gasteiger partial charge on any atom is -0.481 e. The molecule has 2 aliphatic carbocycles. The zero-order valence-corrected chi connectivity index (χ0v) is 72.9. The number of rotatable bonds is 20. The number of alkyl halides is 3. The Hall–Kier alpha value is -4.11. The third kappa shape index (κ3) is 28.9. The summed E-state index contributed by atoms with van der Waals surface area (Å²) < 4.78 is 116. The first kappa shape index (κ1) is 94.3. The Balaban J connectivity index is 0.000000300. The quantitative estimate of drug-likeness (QED) is 0.0193. The van der Waals surface area contributed by atoms with Gasteiger partial charge in [0.1, 0.15) is 28.9 Å². The number of likely N-dealkylation sites (tertiary alicyclic amines) is 1. The molecule has 11 nitrogen and oxygen atoms in total.